The maximum Gasteiger partial charge on any atom is 0.422 e. The molecule has 1 heterocycles. The van der Waals surface area contributed by atoms with Crippen molar-refractivity contribution < 1.29 is 32.5 Å². The highest BCUT2D eigenvalue weighted by atomic mass is 19.4. The van der Waals surface area contributed by atoms with Crippen molar-refractivity contribution in [2.24, 2.45) is 5.73 Å². The minimum Gasteiger partial charge on any atom is -0.488 e. The van der Waals surface area contributed by atoms with E-state index in [0.29, 0.717) is 37.9 Å². The predicted molar refractivity (Wildman–Crippen MR) is 141 cm³/mol. The number of aliphatic hydroxyl groups excluding tert-OH is 1. The molecule has 0 fully saturated rings. The van der Waals surface area contributed by atoms with Gasteiger partial charge in [-0.1, -0.05) is 18.2 Å². The fourth-order valence-electron chi connectivity index (χ4n) is 4.61. The first-order chi connectivity index (χ1) is 18.1. The third-order valence-electron chi connectivity index (χ3n) is 6.24. The van der Waals surface area contributed by atoms with E-state index in [0.717, 1.165) is 35.3 Å². The number of nitrogens with one attached hydrogen (secondary N) is 1. The van der Waals surface area contributed by atoms with E-state index < -0.39 is 18.7 Å². The zero-order valence-electron chi connectivity index (χ0n) is 21.7. The van der Waals surface area contributed by atoms with Crippen LogP contribution in [0.1, 0.15) is 40.4 Å². The highest BCUT2D eigenvalue weighted by Crippen LogP contribution is 2.34. The standard InChI is InChI=1S/C28H36F3N3O4/c1-3-5-20-6-7-24(38-18-28(29,30)31)25(17-20)37-13-9-33-19(2)14-21-15-22-8-11-34(10-4-12-35)26(22)23(16-21)27(32)36/h3,6-7,15-17,19,33,35H,1,4-5,8-14,18H2,2H3,(H2,32,36). The maximum absolute atomic E-state index is 12.6. The summed E-state index contributed by atoms with van der Waals surface area (Å²) >= 11 is 0. The Kier molecular flexibility index (Phi) is 10.4. The molecule has 1 amide bonds. The van der Waals surface area contributed by atoms with Crippen molar-refractivity contribution in [3.8, 4) is 11.5 Å². The fourth-order valence-corrected chi connectivity index (χ4v) is 4.61. The number of alkyl halides is 3. The Hall–Kier alpha value is -3.24. The van der Waals surface area contributed by atoms with Gasteiger partial charge in [0, 0.05) is 32.3 Å². The minimum atomic E-state index is -4.45. The Bertz CT molecular complexity index is 1110. The summed E-state index contributed by atoms with van der Waals surface area (Å²) in [5.41, 5.74) is 9.98. The summed E-state index contributed by atoms with van der Waals surface area (Å²) in [6.07, 6.45) is -0.103. The van der Waals surface area contributed by atoms with Crippen LogP contribution in [0.2, 0.25) is 0 Å². The first-order valence-corrected chi connectivity index (χ1v) is 12.7. The molecule has 0 bridgehead atoms. The summed E-state index contributed by atoms with van der Waals surface area (Å²) in [6.45, 7) is 6.51. The number of halogens is 3. The van der Waals surface area contributed by atoms with Crippen LogP contribution in [-0.2, 0) is 19.3 Å². The second-order valence-corrected chi connectivity index (χ2v) is 9.42. The van der Waals surface area contributed by atoms with Crippen LogP contribution in [0.3, 0.4) is 0 Å². The molecule has 2 aromatic rings. The van der Waals surface area contributed by atoms with Crippen LogP contribution in [0.4, 0.5) is 18.9 Å². The average Bonchev–Trinajstić information content (AvgIpc) is 3.26. The van der Waals surface area contributed by atoms with Crippen molar-refractivity contribution >= 4 is 11.6 Å². The molecular formula is C28H36F3N3O4. The molecule has 0 radical (unpaired) electrons. The number of benzene rings is 2. The number of hydrogen-bond donors (Lipinski definition) is 3. The van der Waals surface area contributed by atoms with Crippen LogP contribution in [-0.4, -0.2) is 62.7 Å². The second-order valence-electron chi connectivity index (χ2n) is 9.42. The Morgan fingerprint density at radius 2 is 2.03 bits per heavy atom. The maximum atomic E-state index is 12.6. The number of nitrogens with zero attached hydrogens (tertiary/aromatic N) is 1. The van der Waals surface area contributed by atoms with Crippen LogP contribution < -0.4 is 25.4 Å². The van der Waals surface area contributed by atoms with E-state index in [1.165, 1.54) is 6.07 Å². The molecule has 0 aromatic heterocycles. The Morgan fingerprint density at radius 3 is 2.71 bits per heavy atom. The largest absolute Gasteiger partial charge is 0.488 e. The molecule has 208 valence electrons. The SMILES string of the molecule is C=CCc1ccc(OCC(F)(F)F)c(OCCNC(C)Cc2cc3c(c(C(N)=O)c2)N(CCCO)CC3)c1. The number of allylic oxidation sites excluding steroid dienone is 1. The number of carbonyl (C=O) groups is 1. The fraction of sp³-hybridized carbons (Fsp3) is 0.464. The van der Waals surface area contributed by atoms with Crippen molar-refractivity contribution in [3.63, 3.8) is 0 Å². The van der Waals surface area contributed by atoms with Crippen LogP contribution in [0.5, 0.6) is 11.5 Å². The highest BCUT2D eigenvalue weighted by Gasteiger charge is 2.29. The van der Waals surface area contributed by atoms with E-state index >= 15 is 0 Å². The lowest BCUT2D eigenvalue weighted by atomic mass is 9.98. The van der Waals surface area contributed by atoms with Gasteiger partial charge in [0.05, 0.1) is 11.3 Å². The van der Waals surface area contributed by atoms with Gasteiger partial charge in [0.15, 0.2) is 18.1 Å². The van der Waals surface area contributed by atoms with Gasteiger partial charge < -0.3 is 30.5 Å². The first-order valence-electron chi connectivity index (χ1n) is 12.7. The number of ether oxygens (including phenoxy) is 2. The van der Waals surface area contributed by atoms with E-state index in [2.05, 4.69) is 22.9 Å². The molecule has 4 N–H and O–H groups in total. The molecule has 0 spiro atoms. The zero-order valence-corrected chi connectivity index (χ0v) is 21.7. The van der Waals surface area contributed by atoms with Crippen LogP contribution >= 0.6 is 0 Å². The Labute approximate surface area is 221 Å². The number of carbonyl (C=O) groups excluding carboxylic acids is 1. The minimum absolute atomic E-state index is 0.0355. The van der Waals surface area contributed by atoms with Gasteiger partial charge in [0.25, 0.3) is 5.91 Å². The van der Waals surface area contributed by atoms with Gasteiger partial charge in [-0.3, -0.25) is 4.79 Å². The molecule has 1 atom stereocenters. The van der Waals surface area contributed by atoms with Gasteiger partial charge in [-0.2, -0.15) is 13.2 Å². The Balaban J connectivity index is 1.58. The van der Waals surface area contributed by atoms with Gasteiger partial charge in [0.2, 0.25) is 0 Å². The summed E-state index contributed by atoms with van der Waals surface area (Å²) in [7, 11) is 0. The first kappa shape index (κ1) is 29.3. The van der Waals surface area contributed by atoms with Gasteiger partial charge in [-0.25, -0.2) is 0 Å². The average molecular weight is 536 g/mol. The molecule has 38 heavy (non-hydrogen) atoms. The molecule has 0 aliphatic carbocycles. The second kappa shape index (κ2) is 13.5. The van der Waals surface area contributed by atoms with Gasteiger partial charge in [-0.15, -0.1) is 6.58 Å². The molecular weight excluding hydrogens is 499 g/mol. The van der Waals surface area contributed by atoms with Gasteiger partial charge in [0.1, 0.15) is 6.61 Å². The number of rotatable bonds is 15. The summed E-state index contributed by atoms with van der Waals surface area (Å²) in [6, 6.07) is 8.80. The van der Waals surface area contributed by atoms with E-state index in [4.69, 9.17) is 20.3 Å². The summed E-state index contributed by atoms with van der Waals surface area (Å²) in [5.74, 6) is -0.192. The summed E-state index contributed by atoms with van der Waals surface area (Å²) in [4.78, 5) is 14.3. The van der Waals surface area contributed by atoms with E-state index in [-0.39, 0.29) is 30.8 Å². The van der Waals surface area contributed by atoms with Crippen molar-refractivity contribution in [3.05, 3.63) is 65.2 Å². The molecule has 2 aromatic carbocycles. The van der Waals surface area contributed by atoms with Gasteiger partial charge >= 0.3 is 6.18 Å². The van der Waals surface area contributed by atoms with Crippen molar-refractivity contribution in [2.45, 2.75) is 44.8 Å². The van der Waals surface area contributed by atoms with E-state index in [1.807, 2.05) is 13.0 Å². The lowest BCUT2D eigenvalue weighted by molar-refractivity contribution is -0.153. The lowest BCUT2D eigenvalue weighted by Gasteiger charge is -2.22. The third kappa shape index (κ3) is 8.39. The Morgan fingerprint density at radius 1 is 1.24 bits per heavy atom. The van der Waals surface area contributed by atoms with Gasteiger partial charge in [-0.05, 0) is 67.5 Å². The van der Waals surface area contributed by atoms with Crippen LogP contribution in [0.15, 0.2) is 43.0 Å². The van der Waals surface area contributed by atoms with Crippen LogP contribution in [0.25, 0.3) is 0 Å². The number of aliphatic hydroxyl groups is 1. The summed E-state index contributed by atoms with van der Waals surface area (Å²) in [5, 5.41) is 12.5. The number of amides is 1. The van der Waals surface area contributed by atoms with E-state index in [1.54, 1.807) is 18.2 Å². The summed E-state index contributed by atoms with van der Waals surface area (Å²) < 4.78 is 48.6. The van der Waals surface area contributed by atoms with Crippen molar-refractivity contribution in [2.75, 3.05) is 44.4 Å². The molecule has 1 aliphatic heterocycles. The lowest BCUT2D eigenvalue weighted by Crippen LogP contribution is -2.32. The van der Waals surface area contributed by atoms with Crippen LogP contribution in [0, 0.1) is 0 Å². The number of fused-ring (bicyclic) bond motifs is 1. The monoisotopic (exact) mass is 535 g/mol. The quantitative estimate of drug-likeness (QED) is 0.237. The van der Waals surface area contributed by atoms with E-state index in [9.17, 15) is 18.0 Å². The highest BCUT2D eigenvalue weighted by molar-refractivity contribution is 6.00. The number of nitrogens with two attached hydrogens (primary N) is 1. The smallest absolute Gasteiger partial charge is 0.422 e. The molecule has 10 heteroatoms. The number of primary amides is 1. The predicted octanol–water partition coefficient (Wildman–Crippen LogP) is 3.80. The number of anilines is 1. The molecule has 1 unspecified atom stereocenters. The molecule has 3 rings (SSSR count). The molecule has 0 saturated carbocycles. The van der Waals surface area contributed by atoms with Crippen molar-refractivity contribution in [1.29, 1.82) is 0 Å². The number of hydrogen-bond acceptors (Lipinski definition) is 6. The van der Waals surface area contributed by atoms with Crippen molar-refractivity contribution in [1.82, 2.24) is 5.32 Å². The normalized spacial score (nSPS) is 13.8. The molecule has 7 nitrogen and oxygen atoms in total. The zero-order chi connectivity index (χ0) is 27.7. The third-order valence-corrected chi connectivity index (χ3v) is 6.24. The molecule has 0 saturated heterocycles. The topological polar surface area (TPSA) is 97.1 Å². The molecule has 1 aliphatic rings.